The molecular formula is C19H26N6O2. The molecule has 144 valence electrons. The largest absolute Gasteiger partial charge is 0.481 e. The summed E-state index contributed by atoms with van der Waals surface area (Å²) in [5, 5.41) is 6.04. The molecule has 0 aliphatic carbocycles. The van der Waals surface area contributed by atoms with E-state index in [0.29, 0.717) is 30.5 Å². The van der Waals surface area contributed by atoms with Crippen LogP contribution in [0.4, 0.5) is 11.8 Å². The average Bonchev–Trinajstić information content (AvgIpc) is 2.71. The third kappa shape index (κ3) is 5.29. The number of pyridine rings is 1. The van der Waals surface area contributed by atoms with Crippen LogP contribution >= 0.6 is 0 Å². The monoisotopic (exact) mass is 370 g/mol. The number of aryl methyl sites for hydroxylation is 1. The smallest absolute Gasteiger partial charge is 0.252 e. The van der Waals surface area contributed by atoms with Gasteiger partial charge in [-0.25, -0.2) is 9.97 Å². The first-order chi connectivity index (χ1) is 13.2. The van der Waals surface area contributed by atoms with Crippen molar-refractivity contribution in [1.29, 1.82) is 0 Å². The number of hydrogen-bond donors (Lipinski definition) is 2. The quantitative estimate of drug-likeness (QED) is 0.720. The number of aromatic nitrogens is 3. The van der Waals surface area contributed by atoms with E-state index in [4.69, 9.17) is 4.74 Å². The van der Waals surface area contributed by atoms with Crippen molar-refractivity contribution in [1.82, 2.24) is 20.3 Å². The Bertz CT molecular complexity index is 759. The minimum Gasteiger partial charge on any atom is -0.481 e. The van der Waals surface area contributed by atoms with Gasteiger partial charge in [-0.3, -0.25) is 4.79 Å². The lowest BCUT2D eigenvalue weighted by molar-refractivity contribution is 0.0954. The molecular weight excluding hydrogens is 344 g/mol. The predicted octanol–water partition coefficient (Wildman–Crippen LogP) is 2.02. The summed E-state index contributed by atoms with van der Waals surface area (Å²) in [6.45, 7) is 5.06. The Morgan fingerprint density at radius 2 is 2.00 bits per heavy atom. The summed E-state index contributed by atoms with van der Waals surface area (Å²) in [5.41, 5.74) is 1.43. The summed E-state index contributed by atoms with van der Waals surface area (Å²) in [5.74, 6) is 1.87. The minimum atomic E-state index is -0.175. The van der Waals surface area contributed by atoms with Crippen LogP contribution in [0.2, 0.25) is 0 Å². The summed E-state index contributed by atoms with van der Waals surface area (Å²) < 4.78 is 4.99. The molecule has 3 rings (SSSR count). The fourth-order valence-corrected chi connectivity index (χ4v) is 3.00. The van der Waals surface area contributed by atoms with Gasteiger partial charge in [0, 0.05) is 50.2 Å². The minimum absolute atomic E-state index is 0.175. The maximum absolute atomic E-state index is 12.1. The molecule has 0 spiro atoms. The van der Waals surface area contributed by atoms with Gasteiger partial charge in [0.1, 0.15) is 5.82 Å². The molecule has 1 aliphatic rings. The SMILES string of the molecule is COc1ccc(C(=O)NCCNc2nc(C)cc(N3CCCCC3)n2)cn1. The van der Waals surface area contributed by atoms with Crippen molar-refractivity contribution < 1.29 is 9.53 Å². The fourth-order valence-electron chi connectivity index (χ4n) is 3.00. The molecule has 0 unspecified atom stereocenters. The number of carbonyl (C=O) groups is 1. The van der Waals surface area contributed by atoms with Crippen LogP contribution in [0.15, 0.2) is 24.4 Å². The van der Waals surface area contributed by atoms with Crippen LogP contribution in [-0.4, -0.2) is 54.1 Å². The van der Waals surface area contributed by atoms with Crippen molar-refractivity contribution in [3.63, 3.8) is 0 Å². The zero-order chi connectivity index (χ0) is 19.1. The maximum atomic E-state index is 12.1. The summed E-state index contributed by atoms with van der Waals surface area (Å²) in [7, 11) is 1.54. The molecule has 0 saturated carbocycles. The highest BCUT2D eigenvalue weighted by molar-refractivity contribution is 5.93. The van der Waals surface area contributed by atoms with E-state index in [-0.39, 0.29) is 5.91 Å². The fraction of sp³-hybridized carbons (Fsp3) is 0.474. The van der Waals surface area contributed by atoms with Crippen LogP contribution in [0.3, 0.4) is 0 Å². The van der Waals surface area contributed by atoms with Gasteiger partial charge in [-0.1, -0.05) is 0 Å². The van der Waals surface area contributed by atoms with Crippen LogP contribution in [-0.2, 0) is 0 Å². The molecule has 8 heteroatoms. The van der Waals surface area contributed by atoms with Crippen molar-refractivity contribution in [2.75, 3.05) is 43.5 Å². The molecule has 0 radical (unpaired) electrons. The molecule has 0 bridgehead atoms. The molecule has 1 aliphatic heterocycles. The Morgan fingerprint density at radius 1 is 1.19 bits per heavy atom. The molecule has 1 amide bonds. The number of rotatable bonds is 7. The van der Waals surface area contributed by atoms with E-state index in [1.807, 2.05) is 13.0 Å². The van der Waals surface area contributed by atoms with Gasteiger partial charge in [0.15, 0.2) is 0 Å². The molecule has 3 heterocycles. The molecule has 2 N–H and O–H groups in total. The van der Waals surface area contributed by atoms with Gasteiger partial charge < -0.3 is 20.3 Å². The zero-order valence-corrected chi connectivity index (χ0v) is 15.9. The van der Waals surface area contributed by atoms with E-state index in [0.717, 1.165) is 24.6 Å². The third-order valence-corrected chi connectivity index (χ3v) is 4.42. The van der Waals surface area contributed by atoms with Gasteiger partial charge in [-0.2, -0.15) is 4.98 Å². The highest BCUT2D eigenvalue weighted by atomic mass is 16.5. The molecule has 2 aromatic rings. The summed E-state index contributed by atoms with van der Waals surface area (Å²) in [4.78, 5) is 27.5. The number of piperidine rings is 1. The Hall–Kier alpha value is -2.90. The Balaban J connectivity index is 1.49. The van der Waals surface area contributed by atoms with Crippen molar-refractivity contribution in [2.24, 2.45) is 0 Å². The number of amides is 1. The van der Waals surface area contributed by atoms with E-state index in [1.54, 1.807) is 12.1 Å². The van der Waals surface area contributed by atoms with E-state index in [9.17, 15) is 4.79 Å². The second-order valence-corrected chi connectivity index (χ2v) is 6.51. The first kappa shape index (κ1) is 18.9. The first-order valence-corrected chi connectivity index (χ1v) is 9.28. The molecule has 2 aromatic heterocycles. The van der Waals surface area contributed by atoms with Gasteiger partial charge in [-0.15, -0.1) is 0 Å². The lowest BCUT2D eigenvalue weighted by Crippen LogP contribution is -2.31. The average molecular weight is 370 g/mol. The Kier molecular flexibility index (Phi) is 6.40. The van der Waals surface area contributed by atoms with Crippen LogP contribution in [0, 0.1) is 6.92 Å². The van der Waals surface area contributed by atoms with E-state index in [1.165, 1.54) is 32.6 Å². The second kappa shape index (κ2) is 9.16. The van der Waals surface area contributed by atoms with Gasteiger partial charge in [0.25, 0.3) is 5.91 Å². The van der Waals surface area contributed by atoms with Crippen LogP contribution < -0.4 is 20.3 Å². The Labute approximate surface area is 159 Å². The molecule has 0 atom stereocenters. The van der Waals surface area contributed by atoms with Crippen LogP contribution in [0.5, 0.6) is 5.88 Å². The summed E-state index contributed by atoms with van der Waals surface area (Å²) in [6.07, 6.45) is 5.20. The first-order valence-electron chi connectivity index (χ1n) is 9.28. The van der Waals surface area contributed by atoms with Crippen molar-refractivity contribution >= 4 is 17.7 Å². The maximum Gasteiger partial charge on any atom is 0.252 e. The predicted molar refractivity (Wildman–Crippen MR) is 104 cm³/mol. The lowest BCUT2D eigenvalue weighted by Gasteiger charge is -2.28. The van der Waals surface area contributed by atoms with Crippen molar-refractivity contribution in [3.8, 4) is 5.88 Å². The molecule has 0 aromatic carbocycles. The molecule has 1 fully saturated rings. The molecule has 8 nitrogen and oxygen atoms in total. The highest BCUT2D eigenvalue weighted by Gasteiger charge is 2.14. The lowest BCUT2D eigenvalue weighted by atomic mass is 10.1. The molecule has 1 saturated heterocycles. The Morgan fingerprint density at radius 3 is 2.70 bits per heavy atom. The molecule has 27 heavy (non-hydrogen) atoms. The standard InChI is InChI=1S/C19H26N6O2/c1-14-12-16(25-10-4-3-5-11-25)24-19(23-14)21-9-8-20-18(26)15-6-7-17(27-2)22-13-15/h6-7,12-13H,3-5,8-11H2,1-2H3,(H,20,26)(H,21,23,24). The van der Waals surface area contributed by atoms with E-state index < -0.39 is 0 Å². The highest BCUT2D eigenvalue weighted by Crippen LogP contribution is 2.19. The number of methoxy groups -OCH3 is 1. The van der Waals surface area contributed by atoms with Crippen LogP contribution in [0.25, 0.3) is 0 Å². The number of nitrogens with one attached hydrogen (secondary N) is 2. The number of nitrogens with zero attached hydrogens (tertiary/aromatic N) is 4. The van der Waals surface area contributed by atoms with Crippen LogP contribution in [0.1, 0.15) is 35.3 Å². The normalized spacial score (nSPS) is 13.9. The number of carbonyl (C=O) groups excluding carboxylic acids is 1. The van der Waals surface area contributed by atoms with Gasteiger partial charge in [-0.05, 0) is 32.3 Å². The zero-order valence-electron chi connectivity index (χ0n) is 15.9. The summed E-state index contributed by atoms with van der Waals surface area (Å²) >= 11 is 0. The van der Waals surface area contributed by atoms with Crippen molar-refractivity contribution in [2.45, 2.75) is 26.2 Å². The number of anilines is 2. The van der Waals surface area contributed by atoms with Gasteiger partial charge in [0.05, 0.1) is 12.7 Å². The van der Waals surface area contributed by atoms with E-state index in [2.05, 4.69) is 30.5 Å². The summed E-state index contributed by atoms with van der Waals surface area (Å²) in [6, 6.07) is 5.37. The topological polar surface area (TPSA) is 92.3 Å². The number of ether oxygens (including phenoxy) is 1. The second-order valence-electron chi connectivity index (χ2n) is 6.51. The van der Waals surface area contributed by atoms with Gasteiger partial charge in [0.2, 0.25) is 11.8 Å². The van der Waals surface area contributed by atoms with Crippen molar-refractivity contribution in [3.05, 3.63) is 35.7 Å². The number of hydrogen-bond acceptors (Lipinski definition) is 7. The third-order valence-electron chi connectivity index (χ3n) is 4.42. The van der Waals surface area contributed by atoms with Gasteiger partial charge >= 0.3 is 0 Å². The van der Waals surface area contributed by atoms with E-state index >= 15 is 0 Å².